The number of para-hydroxylation sites is 1. The highest BCUT2D eigenvalue weighted by molar-refractivity contribution is 5.96. The largest absolute Gasteiger partial charge is 0.496 e. The molecule has 0 aliphatic carbocycles. The normalized spacial score (nSPS) is 14.7. The van der Waals surface area contributed by atoms with Crippen LogP contribution in [0.4, 0.5) is 0 Å². The molecular formula is C19H19N3O. The van der Waals surface area contributed by atoms with Crippen LogP contribution in [0, 0.1) is 0 Å². The molecule has 3 aromatic rings. The lowest BCUT2D eigenvalue weighted by Crippen LogP contribution is -2.20. The minimum absolute atomic E-state index is 0.879. The van der Waals surface area contributed by atoms with Gasteiger partial charge in [-0.15, -0.1) is 0 Å². The SMILES string of the molecule is COc1ccccc1-c1ccnc2[nH]c(C3=CCNCC3)cc12. The Hall–Kier alpha value is -2.59. The number of hydrogen-bond donors (Lipinski definition) is 2. The first kappa shape index (κ1) is 14.0. The van der Waals surface area contributed by atoms with Gasteiger partial charge in [-0.2, -0.15) is 0 Å². The highest BCUT2D eigenvalue weighted by atomic mass is 16.5. The summed E-state index contributed by atoms with van der Waals surface area (Å²) in [4.78, 5) is 7.96. The minimum Gasteiger partial charge on any atom is -0.496 e. The fourth-order valence-corrected chi connectivity index (χ4v) is 3.17. The smallest absolute Gasteiger partial charge is 0.138 e. The van der Waals surface area contributed by atoms with Crippen LogP contribution >= 0.6 is 0 Å². The molecule has 4 rings (SSSR count). The van der Waals surface area contributed by atoms with Crippen LogP contribution in [0.5, 0.6) is 5.75 Å². The van der Waals surface area contributed by atoms with Gasteiger partial charge in [-0.3, -0.25) is 0 Å². The Morgan fingerprint density at radius 2 is 2.04 bits per heavy atom. The van der Waals surface area contributed by atoms with Crippen molar-refractivity contribution in [1.82, 2.24) is 15.3 Å². The van der Waals surface area contributed by atoms with Gasteiger partial charge in [-0.05, 0) is 42.3 Å². The molecule has 0 bridgehead atoms. The fourth-order valence-electron chi connectivity index (χ4n) is 3.17. The van der Waals surface area contributed by atoms with Gasteiger partial charge in [0.25, 0.3) is 0 Å². The predicted octanol–water partition coefficient (Wildman–Crippen LogP) is 3.62. The lowest BCUT2D eigenvalue weighted by atomic mass is 10.0. The molecule has 2 N–H and O–H groups in total. The van der Waals surface area contributed by atoms with E-state index >= 15 is 0 Å². The van der Waals surface area contributed by atoms with E-state index in [-0.39, 0.29) is 0 Å². The number of aromatic nitrogens is 2. The monoisotopic (exact) mass is 305 g/mol. The van der Waals surface area contributed by atoms with E-state index in [1.165, 1.54) is 5.57 Å². The number of pyridine rings is 1. The summed E-state index contributed by atoms with van der Waals surface area (Å²) in [6.07, 6.45) is 5.13. The number of nitrogens with zero attached hydrogens (tertiary/aromatic N) is 1. The molecule has 0 fully saturated rings. The second kappa shape index (κ2) is 5.89. The van der Waals surface area contributed by atoms with Gasteiger partial charge >= 0.3 is 0 Å². The lowest BCUT2D eigenvalue weighted by molar-refractivity contribution is 0.416. The topological polar surface area (TPSA) is 49.9 Å². The van der Waals surface area contributed by atoms with Crippen molar-refractivity contribution in [2.24, 2.45) is 0 Å². The number of nitrogens with one attached hydrogen (secondary N) is 2. The van der Waals surface area contributed by atoms with E-state index in [0.29, 0.717) is 0 Å². The molecule has 0 unspecified atom stereocenters. The van der Waals surface area contributed by atoms with Gasteiger partial charge < -0.3 is 15.0 Å². The Morgan fingerprint density at radius 1 is 1.13 bits per heavy atom. The Bertz CT molecular complexity index is 879. The molecule has 3 heterocycles. The van der Waals surface area contributed by atoms with E-state index in [4.69, 9.17) is 4.74 Å². The first-order valence-corrected chi connectivity index (χ1v) is 7.88. The number of H-pyrrole nitrogens is 1. The van der Waals surface area contributed by atoms with Crippen molar-refractivity contribution in [3.05, 3.63) is 54.4 Å². The summed E-state index contributed by atoms with van der Waals surface area (Å²) in [5.74, 6) is 0.879. The standard InChI is InChI=1S/C19H19N3O/c1-23-18-5-3-2-4-15(18)14-8-11-21-19-16(14)12-17(22-19)13-6-9-20-10-7-13/h2-6,8,11-12,20H,7,9-10H2,1H3,(H,21,22). The summed E-state index contributed by atoms with van der Waals surface area (Å²) in [6.45, 7) is 1.95. The van der Waals surface area contributed by atoms with E-state index in [0.717, 1.165) is 53.1 Å². The molecule has 0 spiro atoms. The third-order valence-electron chi connectivity index (χ3n) is 4.34. The number of rotatable bonds is 3. The molecule has 1 aromatic carbocycles. The summed E-state index contributed by atoms with van der Waals surface area (Å²) in [5, 5.41) is 4.48. The van der Waals surface area contributed by atoms with Crippen molar-refractivity contribution in [2.45, 2.75) is 6.42 Å². The maximum Gasteiger partial charge on any atom is 0.138 e. The van der Waals surface area contributed by atoms with Crippen LogP contribution < -0.4 is 10.1 Å². The Labute approximate surface area is 135 Å². The molecule has 0 amide bonds. The highest BCUT2D eigenvalue weighted by Crippen LogP contribution is 2.35. The van der Waals surface area contributed by atoms with Crippen molar-refractivity contribution >= 4 is 16.6 Å². The molecular weight excluding hydrogens is 286 g/mol. The first-order chi connectivity index (χ1) is 11.4. The number of hydrogen-bond acceptors (Lipinski definition) is 3. The maximum atomic E-state index is 5.52. The van der Waals surface area contributed by atoms with Crippen LogP contribution in [0.3, 0.4) is 0 Å². The van der Waals surface area contributed by atoms with Crippen molar-refractivity contribution in [2.75, 3.05) is 20.2 Å². The Kier molecular flexibility index (Phi) is 3.60. The van der Waals surface area contributed by atoms with Crippen molar-refractivity contribution in [3.63, 3.8) is 0 Å². The molecule has 0 saturated carbocycles. The van der Waals surface area contributed by atoms with Crippen LogP contribution in [0.1, 0.15) is 12.1 Å². The zero-order chi connectivity index (χ0) is 15.6. The number of aromatic amines is 1. The van der Waals surface area contributed by atoms with Crippen LogP contribution in [0.15, 0.2) is 48.7 Å². The molecule has 1 aliphatic heterocycles. The van der Waals surface area contributed by atoms with Crippen LogP contribution in [-0.2, 0) is 0 Å². The molecule has 116 valence electrons. The molecule has 4 nitrogen and oxygen atoms in total. The third kappa shape index (κ3) is 2.51. The van der Waals surface area contributed by atoms with Gasteiger partial charge in [-0.1, -0.05) is 24.3 Å². The second-order valence-corrected chi connectivity index (χ2v) is 5.69. The molecule has 0 radical (unpaired) electrons. The molecule has 1 aliphatic rings. The molecule has 4 heteroatoms. The summed E-state index contributed by atoms with van der Waals surface area (Å²) >= 11 is 0. The molecule has 0 atom stereocenters. The Morgan fingerprint density at radius 3 is 2.87 bits per heavy atom. The summed E-state index contributed by atoms with van der Waals surface area (Å²) in [6, 6.07) is 12.4. The average Bonchev–Trinajstić information content (AvgIpc) is 3.07. The Balaban J connectivity index is 1.88. The molecule has 23 heavy (non-hydrogen) atoms. The third-order valence-corrected chi connectivity index (χ3v) is 4.34. The van der Waals surface area contributed by atoms with E-state index in [2.05, 4.69) is 39.6 Å². The molecule has 0 saturated heterocycles. The van der Waals surface area contributed by atoms with Gasteiger partial charge in [0.2, 0.25) is 0 Å². The zero-order valence-corrected chi connectivity index (χ0v) is 13.1. The quantitative estimate of drug-likeness (QED) is 0.777. The number of ether oxygens (including phenoxy) is 1. The second-order valence-electron chi connectivity index (χ2n) is 5.69. The van der Waals surface area contributed by atoms with Crippen molar-refractivity contribution < 1.29 is 4.74 Å². The van der Waals surface area contributed by atoms with Crippen LogP contribution in [-0.4, -0.2) is 30.2 Å². The number of fused-ring (bicyclic) bond motifs is 1. The number of methoxy groups -OCH3 is 1. The average molecular weight is 305 g/mol. The minimum atomic E-state index is 0.879. The molecule has 2 aromatic heterocycles. The van der Waals surface area contributed by atoms with Crippen LogP contribution in [0.2, 0.25) is 0 Å². The fraction of sp³-hybridized carbons (Fsp3) is 0.211. The van der Waals surface area contributed by atoms with Crippen molar-refractivity contribution in [3.8, 4) is 16.9 Å². The van der Waals surface area contributed by atoms with Crippen molar-refractivity contribution in [1.29, 1.82) is 0 Å². The summed E-state index contributed by atoms with van der Waals surface area (Å²) in [7, 11) is 1.71. The summed E-state index contributed by atoms with van der Waals surface area (Å²) < 4.78 is 5.52. The lowest BCUT2D eigenvalue weighted by Gasteiger charge is -2.12. The first-order valence-electron chi connectivity index (χ1n) is 7.88. The van der Waals surface area contributed by atoms with Gasteiger partial charge in [-0.25, -0.2) is 4.98 Å². The van der Waals surface area contributed by atoms with Crippen LogP contribution in [0.25, 0.3) is 27.7 Å². The highest BCUT2D eigenvalue weighted by Gasteiger charge is 2.14. The van der Waals surface area contributed by atoms with E-state index in [1.807, 2.05) is 24.4 Å². The van der Waals surface area contributed by atoms with Gasteiger partial charge in [0.15, 0.2) is 0 Å². The maximum absolute atomic E-state index is 5.52. The van der Waals surface area contributed by atoms with Gasteiger partial charge in [0.05, 0.1) is 7.11 Å². The zero-order valence-electron chi connectivity index (χ0n) is 13.1. The van der Waals surface area contributed by atoms with E-state index in [1.54, 1.807) is 7.11 Å². The van der Waals surface area contributed by atoms with Gasteiger partial charge in [0.1, 0.15) is 11.4 Å². The van der Waals surface area contributed by atoms with E-state index in [9.17, 15) is 0 Å². The number of benzene rings is 1. The summed E-state index contributed by atoms with van der Waals surface area (Å²) in [5.41, 5.74) is 5.67. The predicted molar refractivity (Wildman–Crippen MR) is 93.5 cm³/mol. The van der Waals surface area contributed by atoms with E-state index < -0.39 is 0 Å². The van der Waals surface area contributed by atoms with Gasteiger partial charge in [0, 0.05) is 29.4 Å².